The first-order valence-electron chi connectivity index (χ1n) is 15.2. The van der Waals surface area contributed by atoms with Crippen molar-refractivity contribution in [3.8, 4) is 0 Å². The van der Waals surface area contributed by atoms with E-state index in [1.807, 2.05) is 61.5 Å². The molecule has 2 heterocycles. The number of halogens is 3. The van der Waals surface area contributed by atoms with Crippen molar-refractivity contribution >= 4 is 30.3 Å². The third-order valence-corrected chi connectivity index (χ3v) is 13.9. The Labute approximate surface area is 268 Å². The van der Waals surface area contributed by atoms with Gasteiger partial charge in [-0.3, -0.25) is 9.20 Å². The summed E-state index contributed by atoms with van der Waals surface area (Å²) in [4.78, 5) is 12.4. The molecule has 46 heavy (non-hydrogen) atoms. The Morgan fingerprint density at radius 1 is 0.913 bits per heavy atom. The second kappa shape index (κ2) is 12.5. The van der Waals surface area contributed by atoms with Crippen LogP contribution in [-0.4, -0.2) is 34.0 Å². The minimum atomic E-state index is -4.68. The van der Waals surface area contributed by atoms with E-state index in [0.29, 0.717) is 11.1 Å². The molecule has 240 valence electrons. The van der Waals surface area contributed by atoms with Crippen LogP contribution in [0.4, 0.5) is 13.2 Å². The zero-order valence-electron chi connectivity index (χ0n) is 26.8. The molecule has 0 saturated carbocycles. The number of fused-ring (bicyclic) bond motifs is 1. The Hall–Kier alpha value is -4.28. The number of rotatable bonds is 9. The van der Waals surface area contributed by atoms with Gasteiger partial charge in [-0.2, -0.15) is 13.2 Å². The SMILES string of the molecule is Cc1ccc(C(c2ccn3c(C(F)(F)F)nnc3c2C)C(C)C(=O)O)cc1CO[Si](c1ccccc1)(c1ccccc1)C(C)(C)C. The molecule has 0 saturated heterocycles. The van der Waals surface area contributed by atoms with Crippen LogP contribution in [0.15, 0.2) is 91.1 Å². The second-order valence-electron chi connectivity index (χ2n) is 12.9. The fraction of sp³-hybridized carbons (Fsp3) is 0.306. The van der Waals surface area contributed by atoms with Crippen LogP contribution in [0.1, 0.15) is 67.3 Å². The van der Waals surface area contributed by atoms with Gasteiger partial charge in [-0.05, 0) is 63.1 Å². The molecular formula is C36H38F3N3O3Si. The number of aliphatic carboxylic acids is 1. The number of pyridine rings is 1. The summed E-state index contributed by atoms with van der Waals surface area (Å²) in [6.07, 6.45) is -3.42. The van der Waals surface area contributed by atoms with Crippen LogP contribution < -0.4 is 10.4 Å². The van der Waals surface area contributed by atoms with Crippen LogP contribution in [0.2, 0.25) is 5.04 Å². The van der Waals surface area contributed by atoms with Crippen LogP contribution in [0.5, 0.6) is 0 Å². The molecule has 0 aliphatic heterocycles. The van der Waals surface area contributed by atoms with Crippen LogP contribution in [0, 0.1) is 19.8 Å². The molecule has 10 heteroatoms. The van der Waals surface area contributed by atoms with Crippen LogP contribution >= 0.6 is 0 Å². The first-order valence-corrected chi connectivity index (χ1v) is 17.1. The van der Waals surface area contributed by atoms with Gasteiger partial charge >= 0.3 is 12.1 Å². The summed E-state index contributed by atoms with van der Waals surface area (Å²) in [5, 5.41) is 19.4. The monoisotopic (exact) mass is 645 g/mol. The quantitative estimate of drug-likeness (QED) is 0.170. The normalized spacial score (nSPS) is 13.9. The Bertz CT molecular complexity index is 1810. The summed E-state index contributed by atoms with van der Waals surface area (Å²) in [5.41, 5.74) is 3.68. The second-order valence-corrected chi connectivity index (χ2v) is 17.2. The van der Waals surface area contributed by atoms with Gasteiger partial charge in [0.2, 0.25) is 5.82 Å². The maximum absolute atomic E-state index is 13.6. The highest BCUT2D eigenvalue weighted by atomic mass is 28.4. The van der Waals surface area contributed by atoms with E-state index in [1.165, 1.54) is 6.20 Å². The van der Waals surface area contributed by atoms with E-state index >= 15 is 0 Å². The lowest BCUT2D eigenvalue weighted by Crippen LogP contribution is -2.66. The smallest absolute Gasteiger partial charge is 0.452 e. The number of aryl methyl sites for hydroxylation is 2. The fourth-order valence-corrected chi connectivity index (χ4v) is 11.0. The topological polar surface area (TPSA) is 76.7 Å². The van der Waals surface area contributed by atoms with Gasteiger partial charge in [-0.25, -0.2) is 0 Å². The highest BCUT2D eigenvalue weighted by Gasteiger charge is 2.50. The molecule has 6 nitrogen and oxygen atoms in total. The highest BCUT2D eigenvalue weighted by Crippen LogP contribution is 2.40. The van der Waals surface area contributed by atoms with Gasteiger partial charge in [-0.15, -0.1) is 10.2 Å². The molecule has 2 aromatic heterocycles. The van der Waals surface area contributed by atoms with Crippen molar-refractivity contribution in [1.29, 1.82) is 0 Å². The summed E-state index contributed by atoms with van der Waals surface area (Å²) in [6.45, 7) is 12.2. The van der Waals surface area contributed by atoms with Crippen LogP contribution in [0.3, 0.4) is 0 Å². The fourth-order valence-electron chi connectivity index (χ4n) is 6.50. The van der Waals surface area contributed by atoms with Gasteiger partial charge in [0.25, 0.3) is 8.32 Å². The third-order valence-electron chi connectivity index (χ3n) is 8.94. The van der Waals surface area contributed by atoms with E-state index in [-0.39, 0.29) is 17.3 Å². The lowest BCUT2D eigenvalue weighted by molar-refractivity contribution is -0.145. The number of hydrogen-bond donors (Lipinski definition) is 1. The molecule has 0 amide bonds. The number of hydrogen-bond acceptors (Lipinski definition) is 4. The van der Waals surface area contributed by atoms with E-state index in [0.717, 1.165) is 31.5 Å². The molecule has 5 aromatic rings. The Kier molecular flexibility index (Phi) is 8.98. The van der Waals surface area contributed by atoms with E-state index in [4.69, 9.17) is 4.43 Å². The summed E-state index contributed by atoms with van der Waals surface area (Å²) >= 11 is 0. The first kappa shape index (κ1) is 33.1. The zero-order valence-corrected chi connectivity index (χ0v) is 27.8. The standard InChI is InChI=1S/C36H38F3N3O3Si/c1-23-17-18-26(31(25(3)33(43)44)30-19-20-42-32(24(30)2)40-41-34(42)36(37,38)39)21-27(23)22-45-46(35(4,5)6,28-13-9-7-10-14-28)29-15-11-8-12-16-29/h7-21,25,31H,22H2,1-6H3,(H,43,44). The van der Waals surface area contributed by atoms with E-state index < -0.39 is 38.1 Å². The molecule has 0 aliphatic carbocycles. The van der Waals surface area contributed by atoms with Crippen molar-refractivity contribution in [1.82, 2.24) is 14.6 Å². The summed E-state index contributed by atoms with van der Waals surface area (Å²) in [6, 6.07) is 28.0. The molecule has 5 rings (SSSR count). The zero-order chi connectivity index (χ0) is 33.4. The molecule has 1 N–H and O–H groups in total. The van der Waals surface area contributed by atoms with Crippen LogP contribution in [-0.2, 0) is 22.0 Å². The number of aromatic nitrogens is 3. The number of carbonyl (C=O) groups is 1. The minimum Gasteiger partial charge on any atom is -0.481 e. The van der Waals surface area contributed by atoms with E-state index in [1.54, 1.807) is 19.9 Å². The molecule has 2 atom stereocenters. The first-order chi connectivity index (χ1) is 21.7. The number of benzene rings is 3. The largest absolute Gasteiger partial charge is 0.481 e. The Morgan fingerprint density at radius 2 is 1.50 bits per heavy atom. The molecule has 0 aliphatic rings. The number of carboxylic acid groups (broad SMARTS) is 1. The van der Waals surface area contributed by atoms with Gasteiger partial charge < -0.3 is 9.53 Å². The van der Waals surface area contributed by atoms with Crippen molar-refractivity contribution in [2.24, 2.45) is 5.92 Å². The average molecular weight is 646 g/mol. The van der Waals surface area contributed by atoms with Crippen molar-refractivity contribution < 1.29 is 27.5 Å². The molecule has 2 unspecified atom stereocenters. The maximum atomic E-state index is 13.6. The van der Waals surface area contributed by atoms with Crippen LogP contribution in [0.25, 0.3) is 5.65 Å². The van der Waals surface area contributed by atoms with E-state index in [9.17, 15) is 23.1 Å². The Morgan fingerprint density at radius 3 is 2.02 bits per heavy atom. The summed E-state index contributed by atoms with van der Waals surface area (Å²) in [5.74, 6) is -3.70. The van der Waals surface area contributed by atoms with Crippen molar-refractivity contribution in [3.05, 3.63) is 125 Å². The lowest BCUT2D eigenvalue weighted by atomic mass is 9.79. The van der Waals surface area contributed by atoms with Gasteiger partial charge in [0.05, 0.1) is 12.5 Å². The molecule has 3 aromatic carbocycles. The third kappa shape index (κ3) is 5.99. The average Bonchev–Trinajstić information content (AvgIpc) is 3.46. The van der Waals surface area contributed by atoms with Gasteiger partial charge in [0.1, 0.15) is 0 Å². The van der Waals surface area contributed by atoms with Gasteiger partial charge in [0.15, 0.2) is 5.65 Å². The molecular weight excluding hydrogens is 607 g/mol. The minimum absolute atomic E-state index is 0.0368. The number of alkyl halides is 3. The van der Waals surface area contributed by atoms with Crippen molar-refractivity contribution in [2.45, 2.75) is 65.3 Å². The van der Waals surface area contributed by atoms with Crippen molar-refractivity contribution in [3.63, 3.8) is 0 Å². The number of carboxylic acids is 1. The van der Waals surface area contributed by atoms with Gasteiger partial charge in [-0.1, -0.05) is 107 Å². The number of nitrogens with zero attached hydrogens (tertiary/aromatic N) is 3. The maximum Gasteiger partial charge on any atom is 0.452 e. The predicted octanol–water partition coefficient (Wildman–Crippen LogP) is 7.29. The molecule has 0 radical (unpaired) electrons. The molecule has 0 spiro atoms. The Balaban J connectivity index is 1.61. The van der Waals surface area contributed by atoms with E-state index in [2.05, 4.69) is 55.2 Å². The molecule has 0 fully saturated rings. The summed E-state index contributed by atoms with van der Waals surface area (Å²) < 4.78 is 48.8. The lowest BCUT2D eigenvalue weighted by Gasteiger charge is -2.43. The predicted molar refractivity (Wildman–Crippen MR) is 175 cm³/mol. The van der Waals surface area contributed by atoms with Crippen molar-refractivity contribution in [2.75, 3.05) is 0 Å². The van der Waals surface area contributed by atoms with Gasteiger partial charge in [0, 0.05) is 12.1 Å². The summed E-state index contributed by atoms with van der Waals surface area (Å²) in [7, 11) is -2.86. The highest BCUT2D eigenvalue weighted by molar-refractivity contribution is 6.99. The molecule has 0 bridgehead atoms.